The second-order valence-corrected chi connectivity index (χ2v) is 7.93. The van der Waals surface area contributed by atoms with Crippen molar-refractivity contribution in [2.24, 2.45) is 0 Å². The number of para-hydroxylation sites is 2. The monoisotopic (exact) mass is 333 g/mol. The molecule has 1 heterocycles. The molecule has 0 atom stereocenters. The van der Waals surface area contributed by atoms with Crippen LogP contribution in [0.5, 0.6) is 0 Å². The fourth-order valence-electron chi connectivity index (χ4n) is 1.98. The van der Waals surface area contributed by atoms with Crippen molar-refractivity contribution in [3.05, 3.63) is 54.6 Å². The van der Waals surface area contributed by atoms with Gasteiger partial charge in [0.25, 0.3) is 15.2 Å². The average molecular weight is 333 g/mol. The van der Waals surface area contributed by atoms with Crippen LogP contribution in [-0.4, -0.2) is 35.8 Å². The third-order valence-electron chi connectivity index (χ3n) is 3.14. The van der Waals surface area contributed by atoms with Crippen LogP contribution in [-0.2, 0) is 10.0 Å². The lowest BCUT2D eigenvalue weighted by Gasteiger charge is -2.12. The van der Waals surface area contributed by atoms with Crippen molar-refractivity contribution < 1.29 is 8.42 Å². The van der Waals surface area contributed by atoms with Gasteiger partial charge in [0.15, 0.2) is 0 Å². The van der Waals surface area contributed by atoms with E-state index in [2.05, 4.69) is 4.98 Å². The van der Waals surface area contributed by atoms with Crippen molar-refractivity contribution in [1.82, 2.24) is 13.3 Å². The minimum Gasteiger partial charge on any atom is -0.251 e. The molecule has 0 N–H and O–H groups in total. The van der Waals surface area contributed by atoms with E-state index in [0.29, 0.717) is 5.52 Å². The van der Waals surface area contributed by atoms with E-state index in [-0.39, 0.29) is 5.16 Å². The summed E-state index contributed by atoms with van der Waals surface area (Å²) in [6.07, 6.45) is 0. The summed E-state index contributed by atoms with van der Waals surface area (Å²) in [6.45, 7) is 0. The Kier molecular flexibility index (Phi) is 3.94. The molecule has 0 unspecified atom stereocenters. The van der Waals surface area contributed by atoms with Crippen molar-refractivity contribution in [1.29, 1.82) is 0 Å². The maximum atomic E-state index is 12.5. The first-order valence-corrected chi connectivity index (χ1v) is 8.85. The van der Waals surface area contributed by atoms with E-state index in [1.807, 2.05) is 54.6 Å². The largest absolute Gasteiger partial charge is 0.277 e. The molecule has 114 valence electrons. The fourth-order valence-corrected chi connectivity index (χ4v) is 4.09. The second kappa shape index (κ2) is 5.75. The predicted octanol–water partition coefficient (Wildman–Crippen LogP) is 2.84. The highest BCUT2D eigenvalue weighted by Gasteiger charge is 2.26. The molecule has 0 radical (unpaired) electrons. The fraction of sp³-hybridized carbons (Fsp3) is 0.133. The Balaban J connectivity index is 2.22. The maximum absolute atomic E-state index is 12.5. The summed E-state index contributed by atoms with van der Waals surface area (Å²) in [7, 11) is -0.613. The van der Waals surface area contributed by atoms with Crippen LogP contribution in [0.3, 0.4) is 0 Å². The lowest BCUT2D eigenvalue weighted by atomic mass is 10.3. The zero-order valence-electron chi connectivity index (χ0n) is 12.2. The van der Waals surface area contributed by atoms with Gasteiger partial charge in [-0.1, -0.05) is 30.3 Å². The number of rotatable bonds is 4. The van der Waals surface area contributed by atoms with Crippen LogP contribution >= 0.6 is 11.9 Å². The summed E-state index contributed by atoms with van der Waals surface area (Å²) >= 11 is 1.34. The predicted molar refractivity (Wildman–Crippen MR) is 88.3 cm³/mol. The Bertz CT molecular complexity index is 903. The first-order chi connectivity index (χ1) is 10.5. The van der Waals surface area contributed by atoms with Crippen LogP contribution in [0.1, 0.15) is 0 Å². The molecular formula is C15H15N3O2S2. The van der Waals surface area contributed by atoms with Gasteiger partial charge < -0.3 is 0 Å². The Morgan fingerprint density at radius 1 is 1.00 bits per heavy atom. The van der Waals surface area contributed by atoms with Gasteiger partial charge in [-0.05, 0) is 36.2 Å². The molecule has 1 aromatic heterocycles. The number of fused-ring (bicyclic) bond motifs is 1. The van der Waals surface area contributed by atoms with Crippen molar-refractivity contribution in [3.63, 3.8) is 0 Å². The van der Waals surface area contributed by atoms with Gasteiger partial charge in [0.2, 0.25) is 0 Å². The molecule has 0 aliphatic heterocycles. The molecule has 0 aliphatic rings. The number of hydrogen-bond acceptors (Lipinski definition) is 4. The van der Waals surface area contributed by atoms with Gasteiger partial charge in [0.05, 0.1) is 11.0 Å². The Morgan fingerprint density at radius 3 is 2.32 bits per heavy atom. The van der Waals surface area contributed by atoms with Crippen LogP contribution < -0.4 is 0 Å². The minimum absolute atomic E-state index is 0.0348. The van der Waals surface area contributed by atoms with E-state index in [1.165, 1.54) is 30.3 Å². The maximum Gasteiger partial charge on any atom is 0.277 e. The number of sulfonamides is 1. The van der Waals surface area contributed by atoms with Gasteiger partial charge >= 0.3 is 0 Å². The summed E-state index contributed by atoms with van der Waals surface area (Å²) in [4.78, 5) is 5.26. The molecule has 0 amide bonds. The minimum atomic E-state index is -3.63. The smallest absolute Gasteiger partial charge is 0.251 e. The van der Waals surface area contributed by atoms with E-state index in [4.69, 9.17) is 0 Å². The summed E-state index contributed by atoms with van der Waals surface area (Å²) in [5, 5.41) is 0.0348. The SMILES string of the molecule is CN(C)S(=O)(=O)c1nc2ccccc2n1Sc1ccccc1. The van der Waals surface area contributed by atoms with Gasteiger partial charge in [-0.3, -0.25) is 3.97 Å². The van der Waals surface area contributed by atoms with Gasteiger partial charge in [-0.25, -0.2) is 17.7 Å². The molecule has 22 heavy (non-hydrogen) atoms. The van der Waals surface area contributed by atoms with E-state index in [9.17, 15) is 8.42 Å². The van der Waals surface area contributed by atoms with Gasteiger partial charge in [0, 0.05) is 19.0 Å². The van der Waals surface area contributed by atoms with Crippen molar-refractivity contribution >= 4 is 33.0 Å². The van der Waals surface area contributed by atoms with Crippen molar-refractivity contribution in [3.8, 4) is 0 Å². The van der Waals surface area contributed by atoms with Gasteiger partial charge in [-0.15, -0.1) is 0 Å². The number of imidazole rings is 1. The molecule has 0 bridgehead atoms. The van der Waals surface area contributed by atoms with Crippen LogP contribution in [0.15, 0.2) is 64.6 Å². The average Bonchev–Trinajstić information content (AvgIpc) is 2.88. The van der Waals surface area contributed by atoms with E-state index in [1.54, 1.807) is 3.97 Å². The van der Waals surface area contributed by atoms with Crippen LogP contribution in [0, 0.1) is 0 Å². The van der Waals surface area contributed by atoms with Crippen molar-refractivity contribution in [2.45, 2.75) is 10.1 Å². The topological polar surface area (TPSA) is 55.2 Å². The van der Waals surface area contributed by atoms with Gasteiger partial charge in [-0.2, -0.15) is 0 Å². The van der Waals surface area contributed by atoms with E-state index >= 15 is 0 Å². The molecule has 7 heteroatoms. The lowest BCUT2D eigenvalue weighted by molar-refractivity contribution is 0.512. The van der Waals surface area contributed by atoms with Gasteiger partial charge in [0.1, 0.15) is 0 Å². The first kappa shape index (κ1) is 15.1. The highest BCUT2D eigenvalue weighted by Crippen LogP contribution is 2.30. The molecule has 0 aliphatic carbocycles. The highest BCUT2D eigenvalue weighted by atomic mass is 32.2. The molecule has 0 saturated heterocycles. The molecule has 3 rings (SSSR count). The Labute approximate surface area is 133 Å². The molecule has 5 nitrogen and oxygen atoms in total. The summed E-state index contributed by atoms with van der Waals surface area (Å²) in [5.41, 5.74) is 1.43. The third-order valence-corrected chi connectivity index (χ3v) is 5.99. The zero-order valence-corrected chi connectivity index (χ0v) is 13.8. The van der Waals surface area contributed by atoms with E-state index < -0.39 is 10.0 Å². The molecule has 2 aromatic carbocycles. The second-order valence-electron chi connectivity index (χ2n) is 4.87. The number of aromatic nitrogens is 2. The third kappa shape index (κ3) is 2.63. The van der Waals surface area contributed by atoms with E-state index in [0.717, 1.165) is 10.4 Å². The summed E-state index contributed by atoms with van der Waals surface area (Å²) in [6, 6.07) is 17.0. The normalized spacial score (nSPS) is 12.1. The highest BCUT2D eigenvalue weighted by molar-refractivity contribution is 7.98. The van der Waals surface area contributed by atoms with Crippen LogP contribution in [0.25, 0.3) is 11.0 Å². The number of nitrogens with zero attached hydrogens (tertiary/aromatic N) is 3. The summed E-state index contributed by atoms with van der Waals surface area (Å²) < 4.78 is 27.9. The Morgan fingerprint density at radius 2 is 1.64 bits per heavy atom. The van der Waals surface area contributed by atoms with Crippen LogP contribution in [0.4, 0.5) is 0 Å². The Hall–Kier alpha value is -1.83. The molecule has 3 aromatic rings. The van der Waals surface area contributed by atoms with Crippen molar-refractivity contribution in [2.75, 3.05) is 14.1 Å². The molecule has 0 spiro atoms. The number of hydrogen-bond donors (Lipinski definition) is 0. The lowest BCUT2D eigenvalue weighted by Crippen LogP contribution is -2.24. The molecule has 0 saturated carbocycles. The molecule has 0 fully saturated rings. The summed E-state index contributed by atoms with van der Waals surface area (Å²) in [5.74, 6) is 0. The first-order valence-electron chi connectivity index (χ1n) is 6.63. The number of benzene rings is 2. The zero-order chi connectivity index (χ0) is 15.7. The standard InChI is InChI=1S/C15H15N3O2S2/c1-17(2)22(19,20)15-16-13-10-6-7-11-14(13)18(15)21-12-8-4-3-5-9-12/h3-11H,1-2H3. The quantitative estimate of drug-likeness (QED) is 0.737. The molecular weight excluding hydrogens is 318 g/mol. The van der Waals surface area contributed by atoms with Crippen LogP contribution in [0.2, 0.25) is 0 Å².